The van der Waals surface area contributed by atoms with Crippen molar-refractivity contribution in [3.05, 3.63) is 88.5 Å². The molecular formula is C34H38N8O4. The van der Waals surface area contributed by atoms with Crippen LogP contribution in [0, 0.1) is 6.57 Å². The first-order chi connectivity index (χ1) is 22.6. The summed E-state index contributed by atoms with van der Waals surface area (Å²) in [6.07, 6.45) is 5.13. The van der Waals surface area contributed by atoms with E-state index in [-0.39, 0.29) is 25.2 Å². The van der Waals surface area contributed by atoms with E-state index in [9.17, 15) is 4.79 Å². The van der Waals surface area contributed by atoms with E-state index in [1.807, 2.05) is 41.0 Å². The monoisotopic (exact) mass is 622 g/mol. The van der Waals surface area contributed by atoms with Crippen LogP contribution in [0.5, 0.6) is 11.8 Å². The SMILES string of the molecule is [C-]#[N+]C[C@H]1CN(c2nc(OC[C@@H]3CCCN3C)nn3c(Cc4cccc5c4OCC5)cnc23)CCN1C(=O)OCc1ccccc1. The molecule has 0 spiro atoms. The van der Waals surface area contributed by atoms with Gasteiger partial charge in [-0.25, -0.2) is 20.9 Å². The third-order valence-electron chi connectivity index (χ3n) is 9.16. The van der Waals surface area contributed by atoms with Crippen molar-refractivity contribution in [2.45, 2.75) is 44.4 Å². The van der Waals surface area contributed by atoms with Crippen LogP contribution in [0.3, 0.4) is 0 Å². The lowest BCUT2D eigenvalue weighted by Gasteiger charge is -2.39. The minimum absolute atomic E-state index is 0.147. The van der Waals surface area contributed by atoms with E-state index in [1.165, 1.54) is 5.56 Å². The van der Waals surface area contributed by atoms with Gasteiger partial charge in [0, 0.05) is 44.1 Å². The zero-order valence-electron chi connectivity index (χ0n) is 26.0. The van der Waals surface area contributed by atoms with Gasteiger partial charge < -0.3 is 28.9 Å². The molecule has 12 nitrogen and oxygen atoms in total. The van der Waals surface area contributed by atoms with E-state index in [0.717, 1.165) is 48.4 Å². The van der Waals surface area contributed by atoms with E-state index >= 15 is 0 Å². The third-order valence-corrected chi connectivity index (χ3v) is 9.16. The molecule has 5 heterocycles. The Morgan fingerprint density at radius 1 is 1.11 bits per heavy atom. The first-order valence-corrected chi connectivity index (χ1v) is 15.9. The minimum atomic E-state index is -0.421. The average molecular weight is 623 g/mol. The van der Waals surface area contributed by atoms with Gasteiger partial charge in [0.2, 0.25) is 6.54 Å². The molecule has 12 heteroatoms. The number of para-hydroxylation sites is 1. The van der Waals surface area contributed by atoms with Crippen LogP contribution < -0.4 is 14.4 Å². The molecule has 4 aromatic rings. The first-order valence-electron chi connectivity index (χ1n) is 15.9. The van der Waals surface area contributed by atoms with Gasteiger partial charge in [-0.15, -0.1) is 5.10 Å². The highest BCUT2D eigenvalue weighted by atomic mass is 16.6. The summed E-state index contributed by atoms with van der Waals surface area (Å²) in [7, 11) is 2.12. The fourth-order valence-corrected chi connectivity index (χ4v) is 6.62. The van der Waals surface area contributed by atoms with E-state index < -0.39 is 6.09 Å². The van der Waals surface area contributed by atoms with Crippen molar-refractivity contribution in [3.63, 3.8) is 0 Å². The summed E-state index contributed by atoms with van der Waals surface area (Å²) in [5.41, 5.74) is 4.73. The molecule has 0 saturated carbocycles. The van der Waals surface area contributed by atoms with Crippen LogP contribution >= 0.6 is 0 Å². The molecule has 0 N–H and O–H groups in total. The number of fused-ring (bicyclic) bond motifs is 2. The fraction of sp³-hybridized carbons (Fsp3) is 0.441. The minimum Gasteiger partial charge on any atom is -0.493 e. The van der Waals surface area contributed by atoms with Crippen LogP contribution in [-0.2, 0) is 24.2 Å². The van der Waals surface area contributed by atoms with Gasteiger partial charge in [0.05, 0.1) is 18.5 Å². The molecule has 2 aromatic heterocycles. The highest BCUT2D eigenvalue weighted by Gasteiger charge is 2.35. The number of rotatable bonds is 9. The van der Waals surface area contributed by atoms with Gasteiger partial charge in [0.1, 0.15) is 25.0 Å². The topological polar surface area (TPSA) is 102 Å². The van der Waals surface area contributed by atoms with E-state index in [2.05, 4.69) is 39.9 Å². The van der Waals surface area contributed by atoms with Crippen LogP contribution in [0.15, 0.2) is 54.7 Å². The Hall–Kier alpha value is -4.89. The van der Waals surface area contributed by atoms with Gasteiger partial charge in [-0.1, -0.05) is 48.5 Å². The molecule has 2 fully saturated rings. The number of imidazole rings is 1. The molecule has 7 rings (SSSR count). The number of aromatic nitrogens is 4. The number of nitrogens with zero attached hydrogens (tertiary/aromatic N) is 8. The second-order valence-electron chi connectivity index (χ2n) is 12.1. The molecule has 2 saturated heterocycles. The maximum atomic E-state index is 13.2. The fourth-order valence-electron chi connectivity index (χ4n) is 6.62. The molecule has 2 atom stereocenters. The predicted molar refractivity (Wildman–Crippen MR) is 171 cm³/mol. The number of carbonyl (C=O) groups excluding carboxylic acids is 1. The van der Waals surface area contributed by atoms with Gasteiger partial charge in [-0.3, -0.25) is 4.90 Å². The zero-order valence-corrected chi connectivity index (χ0v) is 26.0. The number of hydrogen-bond acceptors (Lipinski definition) is 9. The summed E-state index contributed by atoms with van der Waals surface area (Å²) >= 11 is 0. The highest BCUT2D eigenvalue weighted by Crippen LogP contribution is 2.32. The number of piperazine rings is 1. The molecule has 238 valence electrons. The van der Waals surface area contributed by atoms with Crippen molar-refractivity contribution in [1.82, 2.24) is 29.4 Å². The van der Waals surface area contributed by atoms with Crippen LogP contribution in [0.1, 0.15) is 35.2 Å². The van der Waals surface area contributed by atoms with Crippen LogP contribution in [-0.4, -0.2) is 101 Å². The van der Waals surface area contributed by atoms with Gasteiger partial charge in [-0.05, 0) is 37.6 Å². The molecule has 0 bridgehead atoms. The molecular weight excluding hydrogens is 584 g/mol. The van der Waals surface area contributed by atoms with Crippen molar-refractivity contribution in [2.75, 3.05) is 57.9 Å². The van der Waals surface area contributed by atoms with Crippen LogP contribution in [0.2, 0.25) is 0 Å². The standard InChI is InChI=1S/C34H38N8O4/c1-35-19-29-21-40(15-16-41(29)34(43)46-22-24-8-4-3-5-9-24)32-31-36-20-28(18-26-11-6-10-25-13-17-44-30(25)26)42(31)38-33(37-32)45-23-27-12-7-14-39(27)2/h3-6,8-11,20,27,29H,7,12-19,21-23H2,2H3/t27-,29-/m0/s1. The summed E-state index contributed by atoms with van der Waals surface area (Å²) in [6.45, 7) is 11.5. The Balaban J connectivity index is 1.16. The quantitative estimate of drug-likeness (QED) is 0.258. The smallest absolute Gasteiger partial charge is 0.410 e. The number of amides is 1. The zero-order chi connectivity index (χ0) is 31.5. The molecule has 2 aromatic carbocycles. The molecule has 1 amide bonds. The normalized spacial score (nSPS) is 19.6. The first kappa shape index (κ1) is 29.8. The third kappa shape index (κ3) is 6.15. The Kier molecular flexibility index (Phi) is 8.57. The van der Waals surface area contributed by atoms with Crippen molar-refractivity contribution in [1.29, 1.82) is 0 Å². The number of benzene rings is 2. The van der Waals surface area contributed by atoms with Crippen molar-refractivity contribution < 1.29 is 19.0 Å². The van der Waals surface area contributed by atoms with Gasteiger partial charge in [0.15, 0.2) is 11.5 Å². The maximum Gasteiger partial charge on any atom is 0.410 e. The van der Waals surface area contributed by atoms with Crippen LogP contribution in [0.25, 0.3) is 10.5 Å². The number of hydrogen-bond donors (Lipinski definition) is 0. The molecule has 46 heavy (non-hydrogen) atoms. The molecule has 3 aliphatic heterocycles. The summed E-state index contributed by atoms with van der Waals surface area (Å²) in [5, 5.41) is 4.82. The lowest BCUT2D eigenvalue weighted by molar-refractivity contribution is 0.0788. The van der Waals surface area contributed by atoms with Crippen molar-refractivity contribution in [3.8, 4) is 11.8 Å². The van der Waals surface area contributed by atoms with Gasteiger partial charge in [0.25, 0.3) is 0 Å². The summed E-state index contributed by atoms with van der Waals surface area (Å²) in [6, 6.07) is 16.1. The second-order valence-corrected chi connectivity index (χ2v) is 12.1. The predicted octanol–water partition coefficient (Wildman–Crippen LogP) is 3.87. The second kappa shape index (κ2) is 13.2. The Labute approximate surface area is 268 Å². The lowest BCUT2D eigenvalue weighted by atomic mass is 10.0. The van der Waals surface area contributed by atoms with Gasteiger partial charge >= 0.3 is 12.1 Å². The van der Waals surface area contributed by atoms with E-state index in [1.54, 1.807) is 4.90 Å². The number of likely N-dealkylation sites (tertiary alicyclic amines) is 1. The van der Waals surface area contributed by atoms with Crippen LogP contribution in [0.4, 0.5) is 10.6 Å². The number of likely N-dealkylation sites (N-methyl/N-ethyl adjacent to an activating group) is 1. The summed E-state index contributed by atoms with van der Waals surface area (Å²) < 4.78 is 19.7. The molecule has 0 unspecified atom stereocenters. The summed E-state index contributed by atoms with van der Waals surface area (Å²) in [5.74, 6) is 1.57. The number of carbonyl (C=O) groups is 1. The van der Waals surface area contributed by atoms with Crippen molar-refractivity contribution >= 4 is 17.6 Å². The average Bonchev–Trinajstić information content (AvgIpc) is 3.83. The molecule has 0 radical (unpaired) electrons. The Morgan fingerprint density at radius 2 is 2.00 bits per heavy atom. The maximum absolute atomic E-state index is 13.2. The number of anilines is 1. The lowest BCUT2D eigenvalue weighted by Crippen LogP contribution is -2.56. The Morgan fingerprint density at radius 3 is 2.83 bits per heavy atom. The molecule has 0 aliphatic carbocycles. The Bertz CT molecular complexity index is 1740. The molecule has 3 aliphatic rings. The van der Waals surface area contributed by atoms with Gasteiger partial charge in [-0.2, -0.15) is 4.98 Å². The van der Waals surface area contributed by atoms with E-state index in [0.29, 0.717) is 56.8 Å². The summed E-state index contributed by atoms with van der Waals surface area (Å²) in [4.78, 5) is 32.6. The number of ether oxygens (including phenoxy) is 3. The largest absolute Gasteiger partial charge is 0.493 e. The van der Waals surface area contributed by atoms with Crippen molar-refractivity contribution in [2.24, 2.45) is 0 Å². The highest BCUT2D eigenvalue weighted by molar-refractivity contribution is 5.70. The van der Waals surface area contributed by atoms with E-state index in [4.69, 9.17) is 35.8 Å².